The van der Waals surface area contributed by atoms with Crippen LogP contribution in [0.4, 0.5) is 0 Å². The lowest BCUT2D eigenvalue weighted by atomic mass is 9.78. The first-order valence-electron chi connectivity index (χ1n) is 7.42. The van der Waals surface area contributed by atoms with Gasteiger partial charge in [-0.2, -0.15) is 0 Å². The van der Waals surface area contributed by atoms with Crippen LogP contribution in [0.1, 0.15) is 57.7 Å². The van der Waals surface area contributed by atoms with Gasteiger partial charge in [0.15, 0.2) is 0 Å². The third kappa shape index (κ3) is 4.01. The van der Waals surface area contributed by atoms with Gasteiger partial charge in [0.25, 0.3) is 0 Å². The second-order valence-electron chi connectivity index (χ2n) is 5.68. The minimum Gasteiger partial charge on any atom is -0.349 e. The largest absolute Gasteiger partial charge is 0.349 e. The van der Waals surface area contributed by atoms with E-state index in [1.54, 1.807) is 6.20 Å². The van der Waals surface area contributed by atoms with Crippen LogP contribution in [0.2, 0.25) is 0 Å². The summed E-state index contributed by atoms with van der Waals surface area (Å²) in [5, 5.41) is 0.253. The average Bonchev–Trinajstić information content (AvgIpc) is 2.89. The van der Waals surface area contributed by atoms with Crippen molar-refractivity contribution in [2.75, 3.05) is 0 Å². The molecule has 1 saturated carbocycles. The molecule has 3 heteroatoms. The molecule has 0 aromatic carbocycles. The second kappa shape index (κ2) is 7.18. The van der Waals surface area contributed by atoms with Crippen molar-refractivity contribution in [1.29, 1.82) is 0 Å². The fourth-order valence-electron chi connectivity index (χ4n) is 3.09. The fourth-order valence-corrected chi connectivity index (χ4v) is 3.49. The number of hydrogen-bond donors (Lipinski definition) is 1. The average molecular weight is 269 g/mol. The van der Waals surface area contributed by atoms with Crippen molar-refractivity contribution in [2.24, 2.45) is 11.8 Å². The number of aromatic nitrogens is 2. The van der Waals surface area contributed by atoms with Crippen molar-refractivity contribution >= 4 is 11.6 Å². The summed E-state index contributed by atoms with van der Waals surface area (Å²) in [6, 6.07) is 0. The van der Waals surface area contributed by atoms with Crippen molar-refractivity contribution in [3.63, 3.8) is 0 Å². The molecule has 1 aromatic heterocycles. The Hall–Kier alpha value is -0.500. The van der Waals surface area contributed by atoms with Crippen molar-refractivity contribution in [2.45, 2.75) is 63.7 Å². The van der Waals surface area contributed by atoms with E-state index in [0.29, 0.717) is 5.92 Å². The molecule has 0 spiro atoms. The van der Waals surface area contributed by atoms with Crippen molar-refractivity contribution in [3.05, 3.63) is 18.2 Å². The normalized spacial score (nSPS) is 26.1. The number of nitrogens with zero attached hydrogens (tertiary/aromatic N) is 1. The summed E-state index contributed by atoms with van der Waals surface area (Å²) in [6.07, 6.45) is 14.1. The van der Waals surface area contributed by atoms with E-state index in [2.05, 4.69) is 16.9 Å². The summed E-state index contributed by atoms with van der Waals surface area (Å²) in [4.78, 5) is 7.41. The smallest absolute Gasteiger partial charge is 0.107 e. The standard InChI is InChI=1S/C15H25ClN2/c1-2-3-4-12-5-7-13(8-6-12)14(16)11-15-17-9-10-18-15/h9-10,12-14H,2-8,11H2,1H3,(H,17,18). The van der Waals surface area contributed by atoms with E-state index in [4.69, 9.17) is 11.6 Å². The highest BCUT2D eigenvalue weighted by Crippen LogP contribution is 2.35. The highest BCUT2D eigenvalue weighted by Gasteiger charge is 2.26. The zero-order chi connectivity index (χ0) is 12.8. The molecule has 0 radical (unpaired) electrons. The zero-order valence-electron chi connectivity index (χ0n) is 11.4. The molecule has 1 aliphatic rings. The van der Waals surface area contributed by atoms with Gasteiger partial charge >= 0.3 is 0 Å². The molecule has 0 bridgehead atoms. The maximum absolute atomic E-state index is 6.54. The minimum absolute atomic E-state index is 0.253. The minimum atomic E-state index is 0.253. The Bertz CT molecular complexity index is 315. The summed E-state index contributed by atoms with van der Waals surface area (Å²) in [6.45, 7) is 2.28. The number of nitrogens with one attached hydrogen (secondary N) is 1. The van der Waals surface area contributed by atoms with Crippen LogP contribution in [0.3, 0.4) is 0 Å². The van der Waals surface area contributed by atoms with Gasteiger partial charge in [-0.15, -0.1) is 11.6 Å². The predicted molar refractivity (Wildman–Crippen MR) is 76.9 cm³/mol. The van der Waals surface area contributed by atoms with Crippen LogP contribution < -0.4 is 0 Å². The molecular formula is C15H25ClN2. The molecule has 1 atom stereocenters. The van der Waals surface area contributed by atoms with Gasteiger partial charge in [-0.05, 0) is 24.7 Å². The Balaban J connectivity index is 1.72. The number of hydrogen-bond acceptors (Lipinski definition) is 1. The van der Waals surface area contributed by atoms with Crippen LogP contribution in [0.5, 0.6) is 0 Å². The molecule has 0 saturated heterocycles. The van der Waals surface area contributed by atoms with Crippen LogP contribution in [0.25, 0.3) is 0 Å². The molecule has 0 aliphatic heterocycles. The molecule has 1 aromatic rings. The van der Waals surface area contributed by atoms with Gasteiger partial charge in [0, 0.05) is 24.2 Å². The van der Waals surface area contributed by atoms with E-state index in [1.807, 2.05) is 6.20 Å². The number of H-pyrrole nitrogens is 1. The number of unbranched alkanes of at least 4 members (excludes halogenated alkanes) is 1. The third-order valence-electron chi connectivity index (χ3n) is 4.31. The van der Waals surface area contributed by atoms with Gasteiger partial charge in [0.05, 0.1) is 0 Å². The molecule has 18 heavy (non-hydrogen) atoms. The monoisotopic (exact) mass is 268 g/mol. The first kappa shape index (κ1) is 13.9. The van der Waals surface area contributed by atoms with E-state index in [-0.39, 0.29) is 5.38 Å². The SMILES string of the molecule is CCCCC1CCC(C(Cl)Cc2ncc[nH]2)CC1. The molecule has 1 aliphatic carbocycles. The lowest BCUT2D eigenvalue weighted by molar-refractivity contribution is 0.252. The molecule has 1 fully saturated rings. The molecule has 0 amide bonds. The van der Waals surface area contributed by atoms with Crippen LogP contribution in [-0.4, -0.2) is 15.3 Å². The molecular weight excluding hydrogens is 244 g/mol. The summed E-state index contributed by atoms with van der Waals surface area (Å²) in [5.74, 6) is 2.69. The molecule has 2 nitrogen and oxygen atoms in total. The topological polar surface area (TPSA) is 28.7 Å². The summed E-state index contributed by atoms with van der Waals surface area (Å²) in [7, 11) is 0. The van der Waals surface area contributed by atoms with Crippen molar-refractivity contribution in [3.8, 4) is 0 Å². The number of halogens is 1. The van der Waals surface area contributed by atoms with Gasteiger partial charge in [-0.25, -0.2) is 4.98 Å². The Morgan fingerprint density at radius 1 is 1.39 bits per heavy atom. The number of imidazole rings is 1. The number of alkyl halides is 1. The maximum Gasteiger partial charge on any atom is 0.107 e. The van der Waals surface area contributed by atoms with E-state index in [0.717, 1.165) is 18.2 Å². The highest BCUT2D eigenvalue weighted by atomic mass is 35.5. The van der Waals surface area contributed by atoms with E-state index >= 15 is 0 Å². The predicted octanol–water partition coefficient (Wildman–Crippen LogP) is 4.56. The van der Waals surface area contributed by atoms with Crippen LogP contribution in [0, 0.1) is 11.8 Å². The van der Waals surface area contributed by atoms with Gasteiger partial charge in [0.1, 0.15) is 5.82 Å². The Labute approximate surface area is 116 Å². The summed E-state index contributed by atoms with van der Waals surface area (Å²) < 4.78 is 0. The van der Waals surface area contributed by atoms with Crippen molar-refractivity contribution < 1.29 is 0 Å². The molecule has 1 unspecified atom stereocenters. The zero-order valence-corrected chi connectivity index (χ0v) is 12.1. The Kier molecular flexibility index (Phi) is 5.55. The van der Waals surface area contributed by atoms with Gasteiger partial charge in [-0.1, -0.05) is 39.0 Å². The summed E-state index contributed by atoms with van der Waals surface area (Å²) >= 11 is 6.54. The fraction of sp³-hybridized carbons (Fsp3) is 0.800. The number of rotatable bonds is 6. The van der Waals surface area contributed by atoms with Crippen molar-refractivity contribution in [1.82, 2.24) is 9.97 Å². The molecule has 102 valence electrons. The molecule has 2 rings (SSSR count). The van der Waals surface area contributed by atoms with E-state index in [9.17, 15) is 0 Å². The second-order valence-corrected chi connectivity index (χ2v) is 6.24. The first-order valence-corrected chi connectivity index (χ1v) is 7.85. The van der Waals surface area contributed by atoms with E-state index in [1.165, 1.54) is 44.9 Å². The van der Waals surface area contributed by atoms with Gasteiger partial charge < -0.3 is 4.98 Å². The first-order chi connectivity index (χ1) is 8.79. The molecule has 1 heterocycles. The van der Waals surface area contributed by atoms with Gasteiger partial charge in [-0.3, -0.25) is 0 Å². The van der Waals surface area contributed by atoms with Gasteiger partial charge in [0.2, 0.25) is 0 Å². The Morgan fingerprint density at radius 2 is 2.17 bits per heavy atom. The quantitative estimate of drug-likeness (QED) is 0.753. The molecule has 1 N–H and O–H groups in total. The maximum atomic E-state index is 6.54. The number of aromatic amines is 1. The Morgan fingerprint density at radius 3 is 2.78 bits per heavy atom. The third-order valence-corrected chi connectivity index (χ3v) is 4.82. The van der Waals surface area contributed by atoms with Crippen LogP contribution >= 0.6 is 11.6 Å². The lowest BCUT2D eigenvalue weighted by Gasteiger charge is -2.31. The lowest BCUT2D eigenvalue weighted by Crippen LogP contribution is -2.24. The van der Waals surface area contributed by atoms with Crippen LogP contribution in [0.15, 0.2) is 12.4 Å². The van der Waals surface area contributed by atoms with Crippen LogP contribution in [-0.2, 0) is 6.42 Å². The van der Waals surface area contributed by atoms with E-state index < -0.39 is 0 Å². The summed E-state index contributed by atoms with van der Waals surface area (Å²) in [5.41, 5.74) is 0. The highest BCUT2D eigenvalue weighted by molar-refractivity contribution is 6.20.